The summed E-state index contributed by atoms with van der Waals surface area (Å²) in [6.07, 6.45) is -0.146. The maximum Gasteiger partial charge on any atom is 0.411 e. The molecule has 0 aromatic heterocycles. The summed E-state index contributed by atoms with van der Waals surface area (Å²) < 4.78 is 11.1. The fraction of sp³-hybridized carbons (Fsp3) is 0.579. The molecular formula is C19H28N2O4. The normalized spacial score (nSPS) is 20.4. The molecular weight excluding hydrogens is 320 g/mol. The van der Waals surface area contributed by atoms with Crippen molar-refractivity contribution in [3.05, 3.63) is 35.9 Å². The van der Waals surface area contributed by atoms with Crippen molar-refractivity contribution in [2.45, 2.75) is 58.4 Å². The number of hydrogen-bond donors (Lipinski definition) is 1. The summed E-state index contributed by atoms with van der Waals surface area (Å²) in [7, 11) is 0. The Labute approximate surface area is 149 Å². The third-order valence-electron chi connectivity index (χ3n) is 3.91. The molecule has 1 aromatic rings. The number of carbonyl (C=O) groups excluding carboxylic acids is 2. The number of amides is 2. The first kappa shape index (κ1) is 19.2. The summed E-state index contributed by atoms with van der Waals surface area (Å²) >= 11 is 0. The van der Waals surface area contributed by atoms with Crippen LogP contribution in [0, 0.1) is 0 Å². The summed E-state index contributed by atoms with van der Waals surface area (Å²) in [6.45, 7) is 8.68. The first-order chi connectivity index (χ1) is 11.8. The van der Waals surface area contributed by atoms with Gasteiger partial charge in [-0.3, -0.25) is 9.69 Å². The lowest BCUT2D eigenvalue weighted by molar-refractivity contribution is -0.125. The van der Waals surface area contributed by atoms with Crippen molar-refractivity contribution in [2.24, 2.45) is 0 Å². The van der Waals surface area contributed by atoms with Crippen LogP contribution in [0.3, 0.4) is 0 Å². The Bertz CT molecular complexity index is 583. The van der Waals surface area contributed by atoms with E-state index in [1.165, 1.54) is 4.90 Å². The third kappa shape index (κ3) is 5.74. The van der Waals surface area contributed by atoms with Crippen molar-refractivity contribution in [1.82, 2.24) is 10.2 Å². The van der Waals surface area contributed by atoms with Crippen LogP contribution in [-0.4, -0.2) is 47.8 Å². The molecule has 6 nitrogen and oxygen atoms in total. The topological polar surface area (TPSA) is 67.9 Å². The highest BCUT2D eigenvalue weighted by molar-refractivity contribution is 5.86. The van der Waals surface area contributed by atoms with Crippen molar-refractivity contribution >= 4 is 12.0 Å². The summed E-state index contributed by atoms with van der Waals surface area (Å²) in [6, 6.07) is 9.10. The Hall–Kier alpha value is -2.08. The fourth-order valence-corrected chi connectivity index (χ4v) is 2.83. The minimum Gasteiger partial charge on any atom is -0.444 e. The Morgan fingerprint density at radius 3 is 2.52 bits per heavy atom. The Morgan fingerprint density at radius 2 is 1.92 bits per heavy atom. The van der Waals surface area contributed by atoms with Gasteiger partial charge in [-0.15, -0.1) is 0 Å². The number of carbonyl (C=O) groups is 2. The Balaban J connectivity index is 2.02. The van der Waals surface area contributed by atoms with Gasteiger partial charge in [0.2, 0.25) is 5.91 Å². The van der Waals surface area contributed by atoms with Gasteiger partial charge in [-0.25, -0.2) is 4.79 Å². The molecule has 1 fully saturated rings. The molecule has 0 saturated carbocycles. The molecule has 1 aromatic carbocycles. The SMILES string of the molecule is CCO[C@@H]1C[C@H](C(=O)NCc2ccccc2)N(C(=O)OC(C)(C)C)C1. The number of likely N-dealkylation sites (tertiary alicyclic amines) is 1. The van der Waals surface area contributed by atoms with Gasteiger partial charge in [0.25, 0.3) is 0 Å². The van der Waals surface area contributed by atoms with E-state index < -0.39 is 17.7 Å². The van der Waals surface area contributed by atoms with Gasteiger partial charge in [-0.2, -0.15) is 0 Å². The van der Waals surface area contributed by atoms with Crippen LogP contribution in [0.5, 0.6) is 0 Å². The minimum absolute atomic E-state index is 0.148. The van der Waals surface area contributed by atoms with Crippen LogP contribution in [0.1, 0.15) is 39.7 Å². The van der Waals surface area contributed by atoms with Crippen molar-refractivity contribution in [3.63, 3.8) is 0 Å². The summed E-state index contributed by atoms with van der Waals surface area (Å²) in [4.78, 5) is 26.6. The number of hydrogen-bond acceptors (Lipinski definition) is 4. The van der Waals surface area contributed by atoms with Crippen molar-refractivity contribution in [1.29, 1.82) is 0 Å². The third-order valence-corrected chi connectivity index (χ3v) is 3.91. The van der Waals surface area contributed by atoms with E-state index in [9.17, 15) is 9.59 Å². The molecule has 0 bridgehead atoms. The molecule has 2 amide bonds. The molecule has 6 heteroatoms. The van der Waals surface area contributed by atoms with E-state index in [2.05, 4.69) is 5.32 Å². The zero-order valence-corrected chi connectivity index (χ0v) is 15.5. The second-order valence-electron chi connectivity index (χ2n) is 7.16. The van der Waals surface area contributed by atoms with E-state index in [0.717, 1.165) is 5.56 Å². The quantitative estimate of drug-likeness (QED) is 0.888. The van der Waals surface area contributed by atoms with E-state index in [1.807, 2.05) is 58.0 Å². The van der Waals surface area contributed by atoms with E-state index in [0.29, 0.717) is 26.1 Å². The first-order valence-electron chi connectivity index (χ1n) is 8.73. The summed E-state index contributed by atoms with van der Waals surface area (Å²) in [5, 5.41) is 2.91. The molecule has 0 spiro atoms. The molecule has 0 radical (unpaired) electrons. The van der Waals surface area contributed by atoms with E-state index >= 15 is 0 Å². The fourth-order valence-electron chi connectivity index (χ4n) is 2.83. The average Bonchev–Trinajstić information content (AvgIpc) is 2.97. The minimum atomic E-state index is -0.605. The molecule has 2 rings (SSSR count). The van der Waals surface area contributed by atoms with E-state index in [1.54, 1.807) is 0 Å². The number of benzene rings is 1. The van der Waals surface area contributed by atoms with Crippen molar-refractivity contribution < 1.29 is 19.1 Å². The molecule has 0 aliphatic carbocycles. The molecule has 1 aliphatic heterocycles. The molecule has 0 unspecified atom stereocenters. The molecule has 138 valence electrons. The van der Waals surface area contributed by atoms with Crippen LogP contribution >= 0.6 is 0 Å². The first-order valence-corrected chi connectivity index (χ1v) is 8.73. The number of rotatable bonds is 5. The molecule has 2 atom stereocenters. The van der Waals surface area contributed by atoms with Crippen LogP contribution < -0.4 is 5.32 Å². The van der Waals surface area contributed by atoms with E-state index in [-0.39, 0.29) is 12.0 Å². The largest absolute Gasteiger partial charge is 0.444 e. The highest BCUT2D eigenvalue weighted by Gasteiger charge is 2.41. The summed E-state index contributed by atoms with van der Waals surface area (Å²) in [5.41, 5.74) is 0.408. The van der Waals surface area contributed by atoms with Crippen molar-refractivity contribution in [2.75, 3.05) is 13.2 Å². The lowest BCUT2D eigenvalue weighted by Crippen LogP contribution is -2.47. The van der Waals surface area contributed by atoms with Gasteiger partial charge in [-0.05, 0) is 33.3 Å². The number of ether oxygens (including phenoxy) is 2. The van der Waals surface area contributed by atoms with Crippen LogP contribution in [-0.2, 0) is 20.8 Å². The standard InChI is InChI=1S/C19H28N2O4/c1-5-24-15-11-16(21(13-15)18(23)25-19(2,3)4)17(22)20-12-14-9-7-6-8-10-14/h6-10,15-16H,5,11-13H2,1-4H3,(H,20,22)/t15-,16-/m1/s1. The van der Waals surface area contributed by atoms with Crippen LogP contribution in [0.2, 0.25) is 0 Å². The van der Waals surface area contributed by atoms with Gasteiger partial charge >= 0.3 is 6.09 Å². The highest BCUT2D eigenvalue weighted by atomic mass is 16.6. The second kappa shape index (κ2) is 8.34. The zero-order valence-electron chi connectivity index (χ0n) is 15.5. The predicted octanol–water partition coefficient (Wildman–Crippen LogP) is 2.72. The lowest BCUT2D eigenvalue weighted by atomic mass is 10.1. The molecule has 1 heterocycles. The Kier molecular flexibility index (Phi) is 6.42. The Morgan fingerprint density at radius 1 is 1.24 bits per heavy atom. The number of nitrogens with zero attached hydrogens (tertiary/aromatic N) is 1. The average molecular weight is 348 g/mol. The monoisotopic (exact) mass is 348 g/mol. The molecule has 25 heavy (non-hydrogen) atoms. The maximum atomic E-state index is 12.6. The molecule has 1 saturated heterocycles. The van der Waals surface area contributed by atoms with Gasteiger partial charge in [0.15, 0.2) is 0 Å². The van der Waals surface area contributed by atoms with Gasteiger partial charge in [-0.1, -0.05) is 30.3 Å². The van der Waals surface area contributed by atoms with Crippen LogP contribution in [0.25, 0.3) is 0 Å². The lowest BCUT2D eigenvalue weighted by Gasteiger charge is -2.27. The van der Waals surface area contributed by atoms with Gasteiger partial charge in [0, 0.05) is 19.6 Å². The highest BCUT2D eigenvalue weighted by Crippen LogP contribution is 2.23. The smallest absolute Gasteiger partial charge is 0.411 e. The molecule has 1 aliphatic rings. The van der Waals surface area contributed by atoms with Crippen LogP contribution in [0.4, 0.5) is 4.79 Å². The van der Waals surface area contributed by atoms with Gasteiger partial charge in [0.1, 0.15) is 11.6 Å². The zero-order chi connectivity index (χ0) is 18.4. The molecule has 1 N–H and O–H groups in total. The van der Waals surface area contributed by atoms with Crippen molar-refractivity contribution in [3.8, 4) is 0 Å². The maximum absolute atomic E-state index is 12.6. The van der Waals surface area contributed by atoms with E-state index in [4.69, 9.17) is 9.47 Å². The second-order valence-corrected chi connectivity index (χ2v) is 7.16. The van der Waals surface area contributed by atoms with Crippen LogP contribution in [0.15, 0.2) is 30.3 Å². The van der Waals surface area contributed by atoms with Gasteiger partial charge in [0.05, 0.1) is 12.6 Å². The van der Waals surface area contributed by atoms with Gasteiger partial charge < -0.3 is 14.8 Å². The number of nitrogens with one attached hydrogen (secondary N) is 1. The predicted molar refractivity (Wildman–Crippen MR) is 95.0 cm³/mol. The summed E-state index contributed by atoms with van der Waals surface area (Å²) in [5.74, 6) is -0.183.